The number of nitrogens with zero attached hydrogens (tertiary/aromatic N) is 1. The maximum absolute atomic E-state index is 10.2. The lowest BCUT2D eigenvalue weighted by Gasteiger charge is -2.30. The van der Waals surface area contributed by atoms with E-state index < -0.39 is 0 Å². The van der Waals surface area contributed by atoms with Crippen LogP contribution < -0.4 is 10.2 Å². The Bertz CT molecular complexity index is 731. The molecule has 24 heavy (non-hydrogen) atoms. The standard InChI is InChI=1S/C18H20Cl2N2O2/c1-12-14(19)10-15(18(23)17(12)20)21-11-13-4-2-3-5-16(13)22-6-8-24-9-7-22/h2-5,10,21,23H,6-9,11H2,1H3. The van der Waals surface area contributed by atoms with Gasteiger partial charge in [0, 0.05) is 30.3 Å². The molecule has 4 nitrogen and oxygen atoms in total. The first-order valence-electron chi connectivity index (χ1n) is 7.90. The number of hydrogen-bond acceptors (Lipinski definition) is 4. The molecule has 128 valence electrons. The third kappa shape index (κ3) is 3.56. The summed E-state index contributed by atoms with van der Waals surface area (Å²) in [6, 6.07) is 9.93. The SMILES string of the molecule is Cc1c(Cl)cc(NCc2ccccc2N2CCOCC2)c(O)c1Cl. The van der Waals surface area contributed by atoms with Gasteiger partial charge < -0.3 is 20.1 Å². The number of hydrogen-bond donors (Lipinski definition) is 2. The lowest BCUT2D eigenvalue weighted by atomic mass is 10.1. The fourth-order valence-electron chi connectivity index (χ4n) is 2.80. The van der Waals surface area contributed by atoms with E-state index in [0.717, 1.165) is 31.9 Å². The second-order valence-electron chi connectivity index (χ2n) is 5.78. The summed E-state index contributed by atoms with van der Waals surface area (Å²) in [6.45, 7) is 5.59. The molecule has 1 saturated heterocycles. The van der Waals surface area contributed by atoms with E-state index in [1.165, 1.54) is 5.69 Å². The summed E-state index contributed by atoms with van der Waals surface area (Å²) in [5.41, 5.74) is 3.53. The molecule has 1 fully saturated rings. The predicted molar refractivity (Wildman–Crippen MR) is 99.7 cm³/mol. The van der Waals surface area contributed by atoms with Gasteiger partial charge in [-0.2, -0.15) is 0 Å². The number of rotatable bonds is 4. The number of benzene rings is 2. The van der Waals surface area contributed by atoms with Crippen molar-refractivity contribution in [2.75, 3.05) is 36.5 Å². The molecule has 0 bridgehead atoms. The van der Waals surface area contributed by atoms with Crippen LogP contribution in [-0.4, -0.2) is 31.4 Å². The second-order valence-corrected chi connectivity index (χ2v) is 6.56. The Hall–Kier alpha value is -1.62. The monoisotopic (exact) mass is 366 g/mol. The van der Waals surface area contributed by atoms with Crippen LogP contribution in [0.1, 0.15) is 11.1 Å². The summed E-state index contributed by atoms with van der Waals surface area (Å²) in [6.07, 6.45) is 0. The quantitative estimate of drug-likeness (QED) is 0.784. The summed E-state index contributed by atoms with van der Waals surface area (Å²) in [5, 5.41) is 14.3. The molecular weight excluding hydrogens is 347 g/mol. The lowest BCUT2D eigenvalue weighted by molar-refractivity contribution is 0.122. The molecule has 1 aliphatic rings. The van der Waals surface area contributed by atoms with Crippen LogP contribution in [0.3, 0.4) is 0 Å². The smallest absolute Gasteiger partial charge is 0.157 e. The fourth-order valence-corrected chi connectivity index (χ4v) is 3.26. The zero-order valence-corrected chi connectivity index (χ0v) is 15.0. The number of ether oxygens (including phenoxy) is 1. The second kappa shape index (κ2) is 7.51. The van der Waals surface area contributed by atoms with Gasteiger partial charge in [-0.3, -0.25) is 0 Å². The molecule has 0 amide bonds. The Morgan fingerprint density at radius 1 is 1.21 bits per heavy atom. The Kier molecular flexibility index (Phi) is 5.39. The largest absolute Gasteiger partial charge is 0.504 e. The number of aromatic hydroxyl groups is 1. The molecule has 3 rings (SSSR count). The molecule has 0 aromatic heterocycles. The Morgan fingerprint density at radius 2 is 1.92 bits per heavy atom. The molecule has 0 saturated carbocycles. The number of phenolic OH excluding ortho intramolecular Hbond substituents is 1. The van der Waals surface area contributed by atoms with E-state index in [2.05, 4.69) is 22.3 Å². The van der Waals surface area contributed by atoms with Crippen molar-refractivity contribution in [3.63, 3.8) is 0 Å². The fraction of sp³-hybridized carbons (Fsp3) is 0.333. The normalized spacial score (nSPS) is 14.7. The van der Waals surface area contributed by atoms with E-state index in [1.807, 2.05) is 12.1 Å². The van der Waals surface area contributed by atoms with Crippen LogP contribution in [0.15, 0.2) is 30.3 Å². The molecule has 0 atom stereocenters. The van der Waals surface area contributed by atoms with Gasteiger partial charge in [0.05, 0.1) is 23.9 Å². The number of anilines is 2. The van der Waals surface area contributed by atoms with Gasteiger partial charge in [0.25, 0.3) is 0 Å². The molecule has 2 N–H and O–H groups in total. The summed E-state index contributed by atoms with van der Waals surface area (Å²) >= 11 is 12.3. The first-order chi connectivity index (χ1) is 11.6. The van der Waals surface area contributed by atoms with Crippen LogP contribution in [0.25, 0.3) is 0 Å². The van der Waals surface area contributed by atoms with Crippen LogP contribution >= 0.6 is 23.2 Å². The number of halogens is 2. The molecular formula is C18H20Cl2N2O2. The highest BCUT2D eigenvalue weighted by Crippen LogP contribution is 2.39. The molecule has 2 aromatic carbocycles. The van der Waals surface area contributed by atoms with Crippen molar-refractivity contribution < 1.29 is 9.84 Å². The van der Waals surface area contributed by atoms with Gasteiger partial charge in [0.15, 0.2) is 5.75 Å². The highest BCUT2D eigenvalue weighted by Gasteiger charge is 2.16. The minimum absolute atomic E-state index is 0.0300. The Labute approximate surface area is 151 Å². The minimum atomic E-state index is 0.0300. The van der Waals surface area contributed by atoms with Crippen molar-refractivity contribution >= 4 is 34.6 Å². The molecule has 0 aliphatic carbocycles. The molecule has 0 radical (unpaired) electrons. The van der Waals surface area contributed by atoms with Crippen molar-refractivity contribution in [3.8, 4) is 5.75 Å². The van der Waals surface area contributed by atoms with Gasteiger partial charge in [-0.25, -0.2) is 0 Å². The van der Waals surface area contributed by atoms with E-state index in [9.17, 15) is 5.11 Å². The van der Waals surface area contributed by atoms with E-state index in [-0.39, 0.29) is 10.8 Å². The Morgan fingerprint density at radius 3 is 2.67 bits per heavy atom. The number of nitrogens with one attached hydrogen (secondary N) is 1. The molecule has 1 heterocycles. The average Bonchev–Trinajstić information content (AvgIpc) is 2.63. The third-order valence-electron chi connectivity index (χ3n) is 4.23. The lowest BCUT2D eigenvalue weighted by Crippen LogP contribution is -2.36. The Balaban J connectivity index is 1.80. The van der Waals surface area contributed by atoms with Gasteiger partial charge in [-0.05, 0) is 30.2 Å². The van der Waals surface area contributed by atoms with Gasteiger partial charge >= 0.3 is 0 Å². The van der Waals surface area contributed by atoms with Gasteiger partial charge in [-0.1, -0.05) is 41.4 Å². The van der Waals surface area contributed by atoms with E-state index in [0.29, 0.717) is 22.8 Å². The van der Waals surface area contributed by atoms with E-state index in [1.54, 1.807) is 13.0 Å². The zero-order chi connectivity index (χ0) is 17.1. The third-order valence-corrected chi connectivity index (χ3v) is 5.09. The van der Waals surface area contributed by atoms with Crippen LogP contribution in [0.2, 0.25) is 10.0 Å². The van der Waals surface area contributed by atoms with Crippen molar-refractivity contribution in [2.24, 2.45) is 0 Å². The summed E-state index contributed by atoms with van der Waals surface area (Å²) in [4.78, 5) is 2.31. The first kappa shape index (κ1) is 17.2. The van der Waals surface area contributed by atoms with Crippen LogP contribution in [0.5, 0.6) is 5.75 Å². The molecule has 2 aromatic rings. The first-order valence-corrected chi connectivity index (χ1v) is 8.65. The topological polar surface area (TPSA) is 44.7 Å². The number of morpholine rings is 1. The van der Waals surface area contributed by atoms with Gasteiger partial charge in [0.2, 0.25) is 0 Å². The van der Waals surface area contributed by atoms with Crippen LogP contribution in [0, 0.1) is 6.92 Å². The summed E-state index contributed by atoms with van der Waals surface area (Å²) < 4.78 is 5.42. The van der Waals surface area contributed by atoms with Crippen molar-refractivity contribution in [3.05, 3.63) is 51.5 Å². The summed E-state index contributed by atoms with van der Waals surface area (Å²) in [7, 11) is 0. The molecule has 6 heteroatoms. The highest BCUT2D eigenvalue weighted by atomic mass is 35.5. The van der Waals surface area contributed by atoms with Gasteiger partial charge in [-0.15, -0.1) is 0 Å². The van der Waals surface area contributed by atoms with Crippen molar-refractivity contribution in [1.29, 1.82) is 0 Å². The average molecular weight is 367 g/mol. The maximum atomic E-state index is 10.2. The van der Waals surface area contributed by atoms with Crippen molar-refractivity contribution in [1.82, 2.24) is 0 Å². The molecule has 1 aliphatic heterocycles. The minimum Gasteiger partial charge on any atom is -0.504 e. The molecule has 0 spiro atoms. The van der Waals surface area contributed by atoms with Crippen LogP contribution in [-0.2, 0) is 11.3 Å². The maximum Gasteiger partial charge on any atom is 0.157 e. The van der Waals surface area contributed by atoms with Crippen molar-refractivity contribution in [2.45, 2.75) is 13.5 Å². The number of para-hydroxylation sites is 1. The highest BCUT2D eigenvalue weighted by molar-refractivity contribution is 6.37. The van der Waals surface area contributed by atoms with Gasteiger partial charge in [0.1, 0.15) is 0 Å². The van der Waals surface area contributed by atoms with E-state index in [4.69, 9.17) is 27.9 Å². The zero-order valence-electron chi connectivity index (χ0n) is 13.5. The predicted octanol–water partition coefficient (Wildman–Crippen LogP) is 4.46. The number of phenols is 1. The van der Waals surface area contributed by atoms with Crippen LogP contribution in [0.4, 0.5) is 11.4 Å². The molecule has 0 unspecified atom stereocenters. The van der Waals surface area contributed by atoms with E-state index >= 15 is 0 Å². The summed E-state index contributed by atoms with van der Waals surface area (Å²) in [5.74, 6) is 0.0300.